The topological polar surface area (TPSA) is 56.6 Å². The Morgan fingerprint density at radius 3 is 2.65 bits per heavy atom. The maximum absolute atomic E-state index is 12.6. The Labute approximate surface area is 155 Å². The molecule has 2 heterocycles. The molecule has 0 atom stereocenters. The molecule has 0 spiro atoms. The number of likely N-dealkylation sites (N-methyl/N-ethyl adjacent to an activating group) is 1. The molecular weight excluding hydrogens is 326 g/mol. The number of carbonyl (C=O) groups is 1. The maximum atomic E-state index is 12.6. The number of hydrogen-bond acceptors (Lipinski definition) is 4. The molecule has 136 valence electrons. The van der Waals surface area contributed by atoms with Gasteiger partial charge in [0.05, 0.1) is 18.8 Å². The van der Waals surface area contributed by atoms with Crippen LogP contribution in [0.25, 0.3) is 11.6 Å². The fraction of sp³-hybridized carbons (Fsp3) is 0.429. The minimum atomic E-state index is -0.223. The number of ether oxygens (including phenoxy) is 1. The van der Waals surface area contributed by atoms with E-state index in [1.54, 1.807) is 11.0 Å². The second kappa shape index (κ2) is 6.97. The van der Waals surface area contributed by atoms with Gasteiger partial charge in [0.25, 0.3) is 5.91 Å². The molecule has 1 amide bonds. The van der Waals surface area contributed by atoms with Crippen molar-refractivity contribution in [3.05, 3.63) is 41.0 Å². The van der Waals surface area contributed by atoms with Crippen LogP contribution in [0, 0.1) is 11.3 Å². The lowest BCUT2D eigenvalue weighted by molar-refractivity contribution is -0.130. The van der Waals surface area contributed by atoms with Gasteiger partial charge in [-0.1, -0.05) is 12.1 Å². The number of allylic oxidation sites excluding steroid dienone is 1. The number of benzene rings is 1. The van der Waals surface area contributed by atoms with Crippen LogP contribution in [0.4, 0.5) is 5.69 Å². The molecule has 2 aliphatic heterocycles. The van der Waals surface area contributed by atoms with Crippen molar-refractivity contribution in [3.63, 3.8) is 0 Å². The fourth-order valence-corrected chi connectivity index (χ4v) is 3.51. The number of amides is 1. The minimum absolute atomic E-state index is 0.0431. The zero-order valence-corrected chi connectivity index (χ0v) is 15.9. The summed E-state index contributed by atoms with van der Waals surface area (Å²) in [7, 11) is 2.08. The molecule has 0 radical (unpaired) electrons. The molecule has 1 aromatic rings. The van der Waals surface area contributed by atoms with Crippen LogP contribution in [0.3, 0.4) is 0 Å². The van der Waals surface area contributed by atoms with Crippen molar-refractivity contribution >= 4 is 23.2 Å². The first-order valence-electron chi connectivity index (χ1n) is 8.90. The highest BCUT2D eigenvalue weighted by Crippen LogP contribution is 2.38. The zero-order valence-electron chi connectivity index (χ0n) is 15.9. The number of nitriles is 1. The van der Waals surface area contributed by atoms with Crippen molar-refractivity contribution in [3.8, 4) is 6.07 Å². The van der Waals surface area contributed by atoms with Crippen LogP contribution in [0.1, 0.15) is 31.9 Å². The van der Waals surface area contributed by atoms with Gasteiger partial charge in [-0.15, -0.1) is 0 Å². The van der Waals surface area contributed by atoms with Gasteiger partial charge in [0.1, 0.15) is 11.6 Å². The molecule has 1 saturated heterocycles. The summed E-state index contributed by atoms with van der Waals surface area (Å²) in [6, 6.07) is 8.15. The summed E-state index contributed by atoms with van der Waals surface area (Å²) >= 11 is 0. The van der Waals surface area contributed by atoms with E-state index >= 15 is 0 Å². The average molecular weight is 351 g/mol. The van der Waals surface area contributed by atoms with E-state index in [-0.39, 0.29) is 17.0 Å². The predicted octanol–water partition coefficient (Wildman–Crippen LogP) is 3.08. The van der Waals surface area contributed by atoms with Crippen LogP contribution in [0.5, 0.6) is 0 Å². The van der Waals surface area contributed by atoms with Crippen LogP contribution in [0.15, 0.2) is 29.8 Å². The van der Waals surface area contributed by atoms with Crippen molar-refractivity contribution in [1.29, 1.82) is 5.26 Å². The Hall–Kier alpha value is -2.58. The third-order valence-corrected chi connectivity index (χ3v) is 5.20. The highest BCUT2D eigenvalue weighted by atomic mass is 16.5. The molecule has 1 aromatic carbocycles. The zero-order chi connectivity index (χ0) is 18.9. The van der Waals surface area contributed by atoms with Gasteiger partial charge in [0.2, 0.25) is 0 Å². The first-order valence-corrected chi connectivity index (χ1v) is 8.90. The van der Waals surface area contributed by atoms with Crippen LogP contribution in [0.2, 0.25) is 0 Å². The molecule has 0 N–H and O–H groups in total. The van der Waals surface area contributed by atoms with E-state index in [1.165, 1.54) is 5.57 Å². The van der Waals surface area contributed by atoms with Crippen molar-refractivity contribution < 1.29 is 9.53 Å². The van der Waals surface area contributed by atoms with Crippen LogP contribution in [-0.4, -0.2) is 49.7 Å². The van der Waals surface area contributed by atoms with E-state index in [1.807, 2.05) is 6.07 Å². The number of nitrogens with zero attached hydrogens (tertiary/aromatic N) is 3. The summed E-state index contributed by atoms with van der Waals surface area (Å²) in [5.41, 5.74) is 4.48. The summed E-state index contributed by atoms with van der Waals surface area (Å²) in [5, 5.41) is 9.47. The summed E-state index contributed by atoms with van der Waals surface area (Å²) in [5.74, 6) is -0.223. The summed E-state index contributed by atoms with van der Waals surface area (Å²) < 4.78 is 5.28. The Morgan fingerprint density at radius 1 is 1.31 bits per heavy atom. The number of morpholine rings is 1. The van der Waals surface area contributed by atoms with Crippen molar-refractivity contribution in [2.45, 2.75) is 26.3 Å². The number of rotatable bonds is 2. The number of anilines is 1. The van der Waals surface area contributed by atoms with E-state index in [0.717, 1.165) is 16.8 Å². The van der Waals surface area contributed by atoms with E-state index in [0.29, 0.717) is 26.3 Å². The maximum Gasteiger partial charge on any atom is 0.264 e. The Balaban J connectivity index is 1.93. The molecule has 1 fully saturated rings. The summed E-state index contributed by atoms with van der Waals surface area (Å²) in [6.07, 6.45) is 3.93. The quantitative estimate of drug-likeness (QED) is 0.607. The smallest absolute Gasteiger partial charge is 0.264 e. The average Bonchev–Trinajstić information content (AvgIpc) is 2.64. The highest BCUT2D eigenvalue weighted by Gasteiger charge is 2.28. The van der Waals surface area contributed by atoms with E-state index in [9.17, 15) is 10.1 Å². The first kappa shape index (κ1) is 18.2. The summed E-state index contributed by atoms with van der Waals surface area (Å²) in [4.78, 5) is 16.5. The molecule has 5 heteroatoms. The van der Waals surface area contributed by atoms with Gasteiger partial charge in [0, 0.05) is 31.4 Å². The minimum Gasteiger partial charge on any atom is -0.378 e. The number of hydrogen-bond donors (Lipinski definition) is 0. The van der Waals surface area contributed by atoms with Crippen LogP contribution < -0.4 is 4.90 Å². The van der Waals surface area contributed by atoms with E-state index in [2.05, 4.69) is 57.0 Å². The lowest BCUT2D eigenvalue weighted by Gasteiger charge is -2.40. The van der Waals surface area contributed by atoms with Crippen LogP contribution >= 0.6 is 0 Å². The molecule has 0 aliphatic carbocycles. The molecule has 2 aliphatic rings. The Bertz CT molecular complexity index is 824. The molecular formula is C21H25N3O2. The van der Waals surface area contributed by atoms with Gasteiger partial charge >= 0.3 is 0 Å². The first-order chi connectivity index (χ1) is 12.3. The Morgan fingerprint density at radius 2 is 2.00 bits per heavy atom. The molecule has 0 aromatic heterocycles. The Kier molecular flexibility index (Phi) is 4.88. The number of fused-ring (bicyclic) bond motifs is 1. The number of carbonyl (C=O) groups excluding carboxylic acids is 1. The normalized spacial score (nSPS) is 19.5. The van der Waals surface area contributed by atoms with Crippen molar-refractivity contribution in [2.24, 2.45) is 0 Å². The second-order valence-corrected chi connectivity index (χ2v) is 7.39. The van der Waals surface area contributed by atoms with Gasteiger partial charge in [-0.2, -0.15) is 5.26 Å². The third-order valence-electron chi connectivity index (χ3n) is 5.20. The van der Waals surface area contributed by atoms with E-state index in [4.69, 9.17) is 4.74 Å². The van der Waals surface area contributed by atoms with Gasteiger partial charge in [0.15, 0.2) is 0 Å². The third kappa shape index (κ3) is 3.38. The van der Waals surface area contributed by atoms with E-state index < -0.39 is 0 Å². The standard InChI is InChI=1S/C21H25N3O2/c1-15-13-21(2,3)23(4)19-6-5-16(12-18(15)19)11-17(14-22)20(25)24-7-9-26-10-8-24/h5-6,11-13H,7-10H2,1-4H3/b17-11-. The molecule has 3 rings (SSSR count). The predicted molar refractivity (Wildman–Crippen MR) is 104 cm³/mol. The molecule has 0 bridgehead atoms. The molecule has 5 nitrogen and oxygen atoms in total. The van der Waals surface area contributed by atoms with Crippen molar-refractivity contribution in [2.75, 3.05) is 38.3 Å². The largest absolute Gasteiger partial charge is 0.378 e. The fourth-order valence-electron chi connectivity index (χ4n) is 3.51. The van der Waals surface area contributed by atoms with Gasteiger partial charge in [-0.25, -0.2) is 0 Å². The lowest BCUT2D eigenvalue weighted by atomic mass is 9.88. The second-order valence-electron chi connectivity index (χ2n) is 7.39. The van der Waals surface area contributed by atoms with Crippen LogP contribution in [-0.2, 0) is 9.53 Å². The lowest BCUT2D eigenvalue weighted by Crippen LogP contribution is -2.42. The summed E-state index contributed by atoms with van der Waals surface area (Å²) in [6.45, 7) is 8.58. The molecule has 26 heavy (non-hydrogen) atoms. The monoisotopic (exact) mass is 351 g/mol. The van der Waals surface area contributed by atoms with Crippen molar-refractivity contribution in [1.82, 2.24) is 4.90 Å². The van der Waals surface area contributed by atoms with Gasteiger partial charge in [-0.05, 0) is 50.1 Å². The molecule has 0 saturated carbocycles. The van der Waals surface area contributed by atoms with Gasteiger partial charge in [-0.3, -0.25) is 4.79 Å². The highest BCUT2D eigenvalue weighted by molar-refractivity contribution is 6.02. The SMILES string of the molecule is CC1=CC(C)(C)N(C)c2ccc(/C=C(/C#N)C(=O)N3CCOCC3)cc21. The van der Waals surface area contributed by atoms with Gasteiger partial charge < -0.3 is 14.5 Å². The molecule has 0 unspecified atom stereocenters.